The van der Waals surface area contributed by atoms with E-state index in [1.807, 2.05) is 4.90 Å². The van der Waals surface area contributed by atoms with Crippen LogP contribution in [0, 0.1) is 5.92 Å². The topological polar surface area (TPSA) is 55.9 Å². The highest BCUT2D eigenvalue weighted by molar-refractivity contribution is 6.00. The highest BCUT2D eigenvalue weighted by Gasteiger charge is 2.53. The summed E-state index contributed by atoms with van der Waals surface area (Å²) in [6.45, 7) is 13.1. The van der Waals surface area contributed by atoms with Crippen LogP contribution in [0.1, 0.15) is 83.3 Å². The summed E-state index contributed by atoms with van der Waals surface area (Å²) in [5.74, 6) is 0.574. The summed E-state index contributed by atoms with van der Waals surface area (Å²) in [5.41, 5.74) is 2.05. The van der Waals surface area contributed by atoms with E-state index >= 15 is 0 Å². The molecule has 0 saturated carbocycles. The van der Waals surface area contributed by atoms with Gasteiger partial charge in [-0.3, -0.25) is 19.4 Å². The molecule has 3 fully saturated rings. The fourth-order valence-corrected chi connectivity index (χ4v) is 6.11. The number of piperidine rings is 2. The molecule has 3 aliphatic rings. The maximum Gasteiger partial charge on any atom is 0.246 e. The van der Waals surface area contributed by atoms with Crippen molar-refractivity contribution in [2.75, 3.05) is 32.7 Å². The molecule has 4 rings (SSSR count). The molecule has 0 unspecified atom stereocenters. The molecule has 6 nitrogen and oxygen atoms in total. The largest absolute Gasteiger partial charge is 0.342 e. The SMILES string of the molecule is CCCCN1C(=O)[C@H](CC(C)C)NC(=O)C12CCN(Cc1ccc(CN3CCCCC3)cc1)CC2. The van der Waals surface area contributed by atoms with Crippen LogP contribution >= 0.6 is 0 Å². The summed E-state index contributed by atoms with van der Waals surface area (Å²) in [6, 6.07) is 8.73. The summed E-state index contributed by atoms with van der Waals surface area (Å²) < 4.78 is 0. The number of rotatable bonds is 9. The number of carbonyl (C=O) groups excluding carboxylic acids is 2. The zero-order valence-electron chi connectivity index (χ0n) is 22.2. The molecule has 1 atom stereocenters. The van der Waals surface area contributed by atoms with E-state index < -0.39 is 5.54 Å². The van der Waals surface area contributed by atoms with Gasteiger partial charge >= 0.3 is 0 Å². The number of amides is 2. The first-order valence-corrected chi connectivity index (χ1v) is 14.1. The molecule has 35 heavy (non-hydrogen) atoms. The maximum atomic E-state index is 13.4. The van der Waals surface area contributed by atoms with E-state index in [4.69, 9.17) is 0 Å². The van der Waals surface area contributed by atoms with E-state index in [2.05, 4.69) is 60.2 Å². The molecule has 0 aliphatic carbocycles. The van der Waals surface area contributed by atoms with Crippen LogP contribution in [-0.4, -0.2) is 70.8 Å². The lowest BCUT2D eigenvalue weighted by Crippen LogP contribution is -2.73. The average molecular weight is 483 g/mol. The van der Waals surface area contributed by atoms with Crippen molar-refractivity contribution in [2.45, 2.75) is 96.8 Å². The molecular formula is C29H46N4O2. The summed E-state index contributed by atoms with van der Waals surface area (Å²) in [5, 5.41) is 3.12. The second-order valence-corrected chi connectivity index (χ2v) is 11.5. The summed E-state index contributed by atoms with van der Waals surface area (Å²) >= 11 is 0. The van der Waals surface area contributed by atoms with Crippen molar-refractivity contribution in [3.63, 3.8) is 0 Å². The molecule has 1 aromatic rings. The lowest BCUT2D eigenvalue weighted by atomic mass is 9.80. The second-order valence-electron chi connectivity index (χ2n) is 11.5. The molecule has 0 aromatic heterocycles. The van der Waals surface area contributed by atoms with Gasteiger partial charge in [0, 0.05) is 32.7 Å². The highest BCUT2D eigenvalue weighted by Crippen LogP contribution is 2.34. The van der Waals surface area contributed by atoms with E-state index in [0.717, 1.165) is 51.9 Å². The third-order valence-corrected chi connectivity index (χ3v) is 8.22. The van der Waals surface area contributed by atoms with Crippen LogP contribution in [0.2, 0.25) is 0 Å². The Morgan fingerprint density at radius 3 is 2.03 bits per heavy atom. The number of nitrogens with zero attached hydrogens (tertiary/aromatic N) is 3. The number of likely N-dealkylation sites (tertiary alicyclic amines) is 2. The summed E-state index contributed by atoms with van der Waals surface area (Å²) in [6.07, 6.45) is 8.14. The Morgan fingerprint density at radius 1 is 0.914 bits per heavy atom. The molecule has 3 heterocycles. The Bertz CT molecular complexity index is 839. The molecule has 0 bridgehead atoms. The van der Waals surface area contributed by atoms with Gasteiger partial charge in [-0.05, 0) is 68.7 Å². The maximum absolute atomic E-state index is 13.4. The number of carbonyl (C=O) groups is 2. The predicted octanol–water partition coefficient (Wildman–Crippen LogP) is 4.18. The van der Waals surface area contributed by atoms with Crippen LogP contribution in [0.15, 0.2) is 24.3 Å². The quantitative estimate of drug-likeness (QED) is 0.574. The minimum absolute atomic E-state index is 0.0700. The van der Waals surface area contributed by atoms with Gasteiger partial charge in [-0.1, -0.05) is 57.9 Å². The van der Waals surface area contributed by atoms with Crippen molar-refractivity contribution in [3.8, 4) is 0 Å². The molecule has 2 amide bonds. The zero-order chi connectivity index (χ0) is 24.8. The van der Waals surface area contributed by atoms with Crippen molar-refractivity contribution < 1.29 is 9.59 Å². The Balaban J connectivity index is 1.36. The van der Waals surface area contributed by atoms with Crippen LogP contribution in [0.3, 0.4) is 0 Å². The van der Waals surface area contributed by atoms with E-state index in [0.29, 0.717) is 18.9 Å². The third kappa shape index (κ3) is 6.26. The molecule has 1 spiro atoms. The predicted molar refractivity (Wildman–Crippen MR) is 141 cm³/mol. The minimum Gasteiger partial charge on any atom is -0.342 e. The fraction of sp³-hybridized carbons (Fsp3) is 0.724. The first kappa shape index (κ1) is 26.2. The Kier molecular flexibility index (Phi) is 8.87. The van der Waals surface area contributed by atoms with E-state index in [-0.39, 0.29) is 17.9 Å². The molecule has 1 aromatic carbocycles. The minimum atomic E-state index is -0.672. The monoisotopic (exact) mass is 482 g/mol. The Morgan fingerprint density at radius 2 is 1.49 bits per heavy atom. The number of hydrogen-bond acceptors (Lipinski definition) is 4. The van der Waals surface area contributed by atoms with Crippen LogP contribution in [-0.2, 0) is 22.7 Å². The van der Waals surface area contributed by atoms with E-state index in [9.17, 15) is 9.59 Å². The first-order chi connectivity index (χ1) is 16.9. The number of piperazine rings is 1. The van der Waals surface area contributed by atoms with Crippen LogP contribution in [0.5, 0.6) is 0 Å². The van der Waals surface area contributed by atoms with Crippen molar-refractivity contribution in [3.05, 3.63) is 35.4 Å². The Labute approximate surface area is 212 Å². The van der Waals surface area contributed by atoms with Crippen molar-refractivity contribution >= 4 is 11.8 Å². The zero-order valence-corrected chi connectivity index (χ0v) is 22.2. The van der Waals surface area contributed by atoms with Gasteiger partial charge in [-0.15, -0.1) is 0 Å². The number of nitrogens with one attached hydrogen (secondary N) is 1. The number of unbranched alkanes of at least 4 members (excludes halogenated alkanes) is 1. The molecule has 3 saturated heterocycles. The van der Waals surface area contributed by atoms with Gasteiger partial charge in [-0.2, -0.15) is 0 Å². The average Bonchev–Trinajstić information content (AvgIpc) is 2.85. The normalized spacial score (nSPS) is 23.8. The molecule has 6 heteroatoms. The van der Waals surface area contributed by atoms with Gasteiger partial charge < -0.3 is 10.2 Å². The highest BCUT2D eigenvalue weighted by atomic mass is 16.2. The molecule has 1 N–H and O–H groups in total. The van der Waals surface area contributed by atoms with Crippen LogP contribution < -0.4 is 5.32 Å². The lowest BCUT2D eigenvalue weighted by Gasteiger charge is -2.52. The molecule has 3 aliphatic heterocycles. The fourth-order valence-electron chi connectivity index (χ4n) is 6.11. The van der Waals surface area contributed by atoms with E-state index in [1.54, 1.807) is 0 Å². The number of hydrogen-bond donors (Lipinski definition) is 1. The standard InChI is InChI=1S/C29H46N4O2/c1-4-5-17-33-27(34)26(20-23(2)3)30-28(35)29(33)13-18-32(19-14-29)22-25-11-9-24(10-12-25)21-31-15-7-6-8-16-31/h9-12,23,26H,4-8,13-22H2,1-3H3,(H,30,35)/t26-/m0/s1. The van der Waals surface area contributed by atoms with Crippen molar-refractivity contribution in [2.24, 2.45) is 5.92 Å². The van der Waals surface area contributed by atoms with Gasteiger partial charge in [-0.25, -0.2) is 0 Å². The third-order valence-electron chi connectivity index (χ3n) is 8.22. The van der Waals surface area contributed by atoms with Crippen LogP contribution in [0.4, 0.5) is 0 Å². The second kappa shape index (κ2) is 11.9. The van der Waals surface area contributed by atoms with Gasteiger partial charge in [0.05, 0.1) is 0 Å². The molecule has 194 valence electrons. The summed E-state index contributed by atoms with van der Waals surface area (Å²) in [4.78, 5) is 33.8. The van der Waals surface area contributed by atoms with Crippen molar-refractivity contribution in [1.82, 2.24) is 20.0 Å². The molecule has 0 radical (unpaired) electrons. The van der Waals surface area contributed by atoms with Gasteiger partial charge in [0.25, 0.3) is 0 Å². The van der Waals surface area contributed by atoms with Crippen LogP contribution in [0.25, 0.3) is 0 Å². The van der Waals surface area contributed by atoms with Gasteiger partial charge in [0.15, 0.2) is 0 Å². The Hall–Kier alpha value is -1.92. The summed E-state index contributed by atoms with van der Waals surface area (Å²) in [7, 11) is 0. The smallest absolute Gasteiger partial charge is 0.246 e. The van der Waals surface area contributed by atoms with Gasteiger partial charge in [0.1, 0.15) is 11.6 Å². The lowest BCUT2D eigenvalue weighted by molar-refractivity contribution is -0.161. The van der Waals surface area contributed by atoms with Crippen molar-refractivity contribution in [1.29, 1.82) is 0 Å². The van der Waals surface area contributed by atoms with E-state index in [1.165, 1.54) is 43.5 Å². The van der Waals surface area contributed by atoms with Gasteiger partial charge in [0.2, 0.25) is 11.8 Å². The number of benzene rings is 1. The molecular weight excluding hydrogens is 436 g/mol. The first-order valence-electron chi connectivity index (χ1n) is 14.1.